The minimum absolute atomic E-state index is 0.168. The molecule has 0 spiro atoms. The van der Waals surface area contributed by atoms with Gasteiger partial charge in [0.15, 0.2) is 0 Å². The Morgan fingerprint density at radius 2 is 1.86 bits per heavy atom. The van der Waals surface area contributed by atoms with E-state index in [1.54, 1.807) is 11.8 Å². The van der Waals surface area contributed by atoms with Crippen molar-refractivity contribution in [2.75, 3.05) is 13.1 Å². The van der Waals surface area contributed by atoms with Crippen molar-refractivity contribution in [3.8, 4) is 0 Å². The maximum Gasteiger partial charge on any atom is 0.254 e. The van der Waals surface area contributed by atoms with Gasteiger partial charge in [-0.25, -0.2) is 0 Å². The highest BCUT2D eigenvalue weighted by Crippen LogP contribution is 2.29. The Morgan fingerprint density at radius 1 is 1.24 bits per heavy atom. The summed E-state index contributed by atoms with van der Waals surface area (Å²) < 4.78 is 0. The molecule has 3 nitrogen and oxygen atoms in total. The van der Waals surface area contributed by atoms with Crippen LogP contribution in [0.2, 0.25) is 0 Å². The molecule has 2 rings (SSSR count). The predicted molar refractivity (Wildman–Crippen MR) is 89.7 cm³/mol. The molecule has 1 amide bonds. The molecule has 1 aliphatic heterocycles. The van der Waals surface area contributed by atoms with Crippen LogP contribution in [-0.4, -0.2) is 35.2 Å². The molecule has 0 aliphatic carbocycles. The van der Waals surface area contributed by atoms with Gasteiger partial charge in [0.1, 0.15) is 0 Å². The van der Waals surface area contributed by atoms with Gasteiger partial charge in [-0.2, -0.15) is 0 Å². The standard InChI is InChI=1S/C17H26N2OS/c1-12(2)21-16-7-5-4-6-15(16)17(20)19-10-8-14(9-11-19)13(3)18/h4-7,12-14H,8-11,18H2,1-3H3. The van der Waals surface area contributed by atoms with Crippen molar-refractivity contribution in [3.63, 3.8) is 0 Å². The van der Waals surface area contributed by atoms with E-state index in [1.165, 1.54) is 0 Å². The number of likely N-dealkylation sites (tertiary alicyclic amines) is 1. The minimum Gasteiger partial charge on any atom is -0.339 e. The highest BCUT2D eigenvalue weighted by molar-refractivity contribution is 8.00. The fourth-order valence-electron chi connectivity index (χ4n) is 2.80. The third kappa shape index (κ3) is 4.24. The van der Waals surface area contributed by atoms with Gasteiger partial charge in [0.05, 0.1) is 5.56 Å². The van der Waals surface area contributed by atoms with Gasteiger partial charge in [0.25, 0.3) is 5.91 Å². The smallest absolute Gasteiger partial charge is 0.254 e. The molecular formula is C17H26N2OS. The average molecular weight is 306 g/mol. The third-order valence-electron chi connectivity index (χ3n) is 4.05. The molecule has 4 heteroatoms. The summed E-state index contributed by atoms with van der Waals surface area (Å²) in [7, 11) is 0. The first-order chi connectivity index (χ1) is 9.99. The summed E-state index contributed by atoms with van der Waals surface area (Å²) in [5.74, 6) is 0.719. The Labute approximate surface area is 132 Å². The Balaban J connectivity index is 2.07. The first-order valence-corrected chi connectivity index (χ1v) is 8.67. The number of thioether (sulfide) groups is 1. The maximum atomic E-state index is 12.8. The molecule has 0 radical (unpaired) electrons. The Kier molecular flexibility index (Phi) is 5.71. The lowest BCUT2D eigenvalue weighted by Crippen LogP contribution is -2.42. The molecule has 1 fully saturated rings. The number of nitrogens with two attached hydrogens (primary N) is 1. The Bertz CT molecular complexity index is 479. The number of nitrogens with zero attached hydrogens (tertiary/aromatic N) is 1. The summed E-state index contributed by atoms with van der Waals surface area (Å²) in [6.45, 7) is 8.02. The molecule has 1 saturated heterocycles. The topological polar surface area (TPSA) is 46.3 Å². The summed E-state index contributed by atoms with van der Waals surface area (Å²) in [6.07, 6.45) is 2.03. The predicted octanol–water partition coefficient (Wildman–Crippen LogP) is 3.39. The molecule has 1 heterocycles. The second-order valence-electron chi connectivity index (χ2n) is 6.15. The van der Waals surface area contributed by atoms with Crippen LogP contribution in [-0.2, 0) is 0 Å². The third-order valence-corrected chi connectivity index (χ3v) is 5.13. The molecule has 1 aromatic carbocycles. The van der Waals surface area contributed by atoms with Crippen LogP contribution in [0, 0.1) is 5.92 Å². The second-order valence-corrected chi connectivity index (χ2v) is 7.77. The van der Waals surface area contributed by atoms with Crippen molar-refractivity contribution in [2.24, 2.45) is 11.7 Å². The van der Waals surface area contributed by atoms with Gasteiger partial charge in [0, 0.05) is 29.3 Å². The van der Waals surface area contributed by atoms with E-state index < -0.39 is 0 Å². The summed E-state index contributed by atoms with van der Waals surface area (Å²) in [5.41, 5.74) is 6.81. The molecule has 21 heavy (non-hydrogen) atoms. The molecule has 1 aromatic rings. The van der Waals surface area contributed by atoms with E-state index in [-0.39, 0.29) is 11.9 Å². The molecule has 0 bridgehead atoms. The van der Waals surface area contributed by atoms with E-state index >= 15 is 0 Å². The van der Waals surface area contributed by atoms with Crippen LogP contribution in [0.15, 0.2) is 29.2 Å². The molecule has 116 valence electrons. The van der Waals surface area contributed by atoms with E-state index in [0.29, 0.717) is 11.2 Å². The van der Waals surface area contributed by atoms with Crippen molar-refractivity contribution in [2.45, 2.75) is 49.8 Å². The minimum atomic E-state index is 0.168. The highest BCUT2D eigenvalue weighted by Gasteiger charge is 2.26. The molecule has 0 saturated carbocycles. The summed E-state index contributed by atoms with van der Waals surface area (Å²) in [6, 6.07) is 8.18. The Hall–Kier alpha value is -1.00. The Morgan fingerprint density at radius 3 is 2.43 bits per heavy atom. The molecular weight excluding hydrogens is 280 g/mol. The summed E-state index contributed by atoms with van der Waals surface area (Å²) in [5, 5.41) is 0.475. The lowest BCUT2D eigenvalue weighted by Gasteiger charge is -2.34. The zero-order valence-electron chi connectivity index (χ0n) is 13.2. The van der Waals surface area contributed by atoms with Crippen molar-refractivity contribution < 1.29 is 4.79 Å². The molecule has 0 aromatic heterocycles. The van der Waals surface area contributed by atoms with Gasteiger partial charge in [-0.05, 0) is 37.8 Å². The van der Waals surface area contributed by atoms with Crippen LogP contribution >= 0.6 is 11.8 Å². The van der Waals surface area contributed by atoms with Crippen LogP contribution in [0.4, 0.5) is 0 Å². The van der Waals surface area contributed by atoms with Gasteiger partial charge in [0.2, 0.25) is 0 Å². The van der Waals surface area contributed by atoms with E-state index in [9.17, 15) is 4.79 Å². The second kappa shape index (κ2) is 7.32. The fraction of sp³-hybridized carbons (Fsp3) is 0.588. The van der Waals surface area contributed by atoms with Crippen molar-refractivity contribution in [1.29, 1.82) is 0 Å². The lowest BCUT2D eigenvalue weighted by atomic mass is 9.90. The lowest BCUT2D eigenvalue weighted by molar-refractivity contribution is 0.0677. The number of hydrogen-bond donors (Lipinski definition) is 1. The van der Waals surface area contributed by atoms with Gasteiger partial charge in [-0.3, -0.25) is 4.79 Å². The number of piperidine rings is 1. The number of carbonyl (C=O) groups excluding carboxylic acids is 1. The molecule has 1 aliphatic rings. The van der Waals surface area contributed by atoms with Gasteiger partial charge >= 0.3 is 0 Å². The summed E-state index contributed by atoms with van der Waals surface area (Å²) in [4.78, 5) is 15.8. The van der Waals surface area contributed by atoms with Gasteiger partial charge in [-0.1, -0.05) is 26.0 Å². The van der Waals surface area contributed by atoms with Crippen LogP contribution in [0.5, 0.6) is 0 Å². The van der Waals surface area contributed by atoms with E-state index in [2.05, 4.69) is 20.8 Å². The van der Waals surface area contributed by atoms with Crippen molar-refractivity contribution >= 4 is 17.7 Å². The normalized spacial score (nSPS) is 18.0. The number of rotatable bonds is 4. The first-order valence-electron chi connectivity index (χ1n) is 7.79. The maximum absolute atomic E-state index is 12.8. The van der Waals surface area contributed by atoms with Crippen LogP contribution in [0.25, 0.3) is 0 Å². The van der Waals surface area contributed by atoms with Gasteiger partial charge in [-0.15, -0.1) is 11.8 Å². The van der Waals surface area contributed by atoms with Gasteiger partial charge < -0.3 is 10.6 Å². The largest absolute Gasteiger partial charge is 0.339 e. The van der Waals surface area contributed by atoms with Crippen molar-refractivity contribution in [3.05, 3.63) is 29.8 Å². The fourth-order valence-corrected chi connectivity index (χ4v) is 3.75. The van der Waals surface area contributed by atoms with E-state index in [1.807, 2.05) is 29.2 Å². The quantitative estimate of drug-likeness (QED) is 0.867. The number of benzene rings is 1. The molecule has 1 atom stereocenters. The highest BCUT2D eigenvalue weighted by atomic mass is 32.2. The van der Waals surface area contributed by atoms with Crippen LogP contribution < -0.4 is 5.73 Å². The molecule has 1 unspecified atom stereocenters. The number of hydrogen-bond acceptors (Lipinski definition) is 3. The SMILES string of the molecule is CC(C)Sc1ccccc1C(=O)N1CCC(C(C)N)CC1. The van der Waals surface area contributed by atoms with E-state index in [4.69, 9.17) is 5.73 Å². The summed E-state index contributed by atoms with van der Waals surface area (Å²) >= 11 is 1.76. The zero-order valence-corrected chi connectivity index (χ0v) is 14.0. The van der Waals surface area contributed by atoms with Crippen molar-refractivity contribution in [1.82, 2.24) is 4.90 Å². The monoisotopic (exact) mass is 306 g/mol. The first kappa shape index (κ1) is 16.4. The van der Waals surface area contributed by atoms with Crippen LogP contribution in [0.1, 0.15) is 44.0 Å². The molecule has 2 N–H and O–H groups in total. The van der Waals surface area contributed by atoms with Crippen LogP contribution in [0.3, 0.4) is 0 Å². The number of amides is 1. The zero-order chi connectivity index (χ0) is 15.4. The number of carbonyl (C=O) groups is 1. The average Bonchev–Trinajstić information content (AvgIpc) is 2.46. The van der Waals surface area contributed by atoms with E-state index in [0.717, 1.165) is 36.4 Å².